The van der Waals surface area contributed by atoms with Crippen molar-refractivity contribution in [1.82, 2.24) is 0 Å². The molecule has 0 fully saturated rings. The van der Waals surface area contributed by atoms with Crippen LogP contribution in [0.4, 0.5) is 0 Å². The van der Waals surface area contributed by atoms with Crippen molar-refractivity contribution in [3.05, 3.63) is 41.3 Å². The molecule has 0 heterocycles. The molecule has 2 rings (SSSR count). The number of allylic oxidation sites excluding steroid dienone is 2. The standard InChI is InChI=1S/C14H16OS/c1-14(2)9-8-13(12(15)10-14)16-11-6-4-3-5-7-11/h3-8H,9-10H2,1-2H3. The van der Waals surface area contributed by atoms with Crippen molar-refractivity contribution in [2.24, 2.45) is 5.41 Å². The van der Waals surface area contributed by atoms with E-state index in [1.165, 1.54) is 0 Å². The van der Waals surface area contributed by atoms with Gasteiger partial charge in [-0.3, -0.25) is 4.79 Å². The van der Waals surface area contributed by atoms with Crippen molar-refractivity contribution in [3.63, 3.8) is 0 Å². The van der Waals surface area contributed by atoms with Crippen LogP contribution >= 0.6 is 11.8 Å². The summed E-state index contributed by atoms with van der Waals surface area (Å²) in [5, 5.41) is 0. The molecule has 2 heteroatoms. The van der Waals surface area contributed by atoms with E-state index in [4.69, 9.17) is 0 Å². The lowest BCUT2D eigenvalue weighted by molar-refractivity contribution is -0.117. The molecular formula is C14H16OS. The normalized spacial score (nSPS) is 19.4. The van der Waals surface area contributed by atoms with E-state index >= 15 is 0 Å². The van der Waals surface area contributed by atoms with Crippen LogP contribution < -0.4 is 0 Å². The highest BCUT2D eigenvalue weighted by atomic mass is 32.2. The molecule has 0 radical (unpaired) electrons. The molecule has 1 aliphatic rings. The van der Waals surface area contributed by atoms with Gasteiger partial charge >= 0.3 is 0 Å². The lowest BCUT2D eigenvalue weighted by Gasteiger charge is -2.27. The van der Waals surface area contributed by atoms with Crippen molar-refractivity contribution in [2.75, 3.05) is 0 Å². The van der Waals surface area contributed by atoms with Crippen LogP contribution in [-0.4, -0.2) is 5.78 Å². The molecule has 1 nitrogen and oxygen atoms in total. The largest absolute Gasteiger partial charge is 0.294 e. The Balaban J connectivity index is 2.12. The molecule has 16 heavy (non-hydrogen) atoms. The monoisotopic (exact) mass is 232 g/mol. The lowest BCUT2D eigenvalue weighted by Crippen LogP contribution is -2.21. The average Bonchev–Trinajstić information content (AvgIpc) is 2.23. The van der Waals surface area contributed by atoms with Crippen molar-refractivity contribution < 1.29 is 4.79 Å². The zero-order valence-electron chi connectivity index (χ0n) is 9.69. The maximum Gasteiger partial charge on any atom is 0.169 e. The number of hydrogen-bond donors (Lipinski definition) is 0. The molecule has 0 aliphatic heterocycles. The van der Waals surface area contributed by atoms with Crippen LogP contribution in [0.2, 0.25) is 0 Å². The third-order valence-corrected chi connectivity index (χ3v) is 3.85. The van der Waals surface area contributed by atoms with Crippen LogP contribution in [-0.2, 0) is 4.79 Å². The minimum atomic E-state index is 0.137. The molecule has 0 amide bonds. The predicted octanol–water partition coefficient (Wildman–Crippen LogP) is 4.05. The fourth-order valence-electron chi connectivity index (χ4n) is 1.79. The summed E-state index contributed by atoms with van der Waals surface area (Å²) < 4.78 is 0. The molecule has 1 aliphatic carbocycles. The molecule has 0 saturated carbocycles. The molecule has 84 valence electrons. The summed E-state index contributed by atoms with van der Waals surface area (Å²) in [6, 6.07) is 10.1. The highest BCUT2D eigenvalue weighted by Gasteiger charge is 2.27. The van der Waals surface area contributed by atoms with E-state index in [9.17, 15) is 4.79 Å². The summed E-state index contributed by atoms with van der Waals surface area (Å²) >= 11 is 1.58. The summed E-state index contributed by atoms with van der Waals surface area (Å²) in [6.07, 6.45) is 3.75. The molecule has 0 atom stereocenters. The summed E-state index contributed by atoms with van der Waals surface area (Å²) in [5.74, 6) is 0.283. The van der Waals surface area contributed by atoms with Gasteiger partial charge in [-0.1, -0.05) is 49.9 Å². The van der Waals surface area contributed by atoms with Crippen molar-refractivity contribution in [3.8, 4) is 0 Å². The first-order chi connectivity index (χ1) is 7.57. The highest BCUT2D eigenvalue weighted by molar-refractivity contribution is 8.04. The maximum absolute atomic E-state index is 11.9. The second-order valence-corrected chi connectivity index (χ2v) is 6.07. The summed E-state index contributed by atoms with van der Waals surface area (Å²) in [5.41, 5.74) is 0.137. The number of carbonyl (C=O) groups excluding carboxylic acids is 1. The predicted molar refractivity (Wildman–Crippen MR) is 68.4 cm³/mol. The van der Waals surface area contributed by atoms with Crippen LogP contribution in [0.3, 0.4) is 0 Å². The van der Waals surface area contributed by atoms with Gasteiger partial charge in [-0.15, -0.1) is 0 Å². The Labute approximate surface area is 101 Å². The molecular weight excluding hydrogens is 216 g/mol. The minimum Gasteiger partial charge on any atom is -0.294 e. The molecule has 0 unspecified atom stereocenters. The summed E-state index contributed by atoms with van der Waals surface area (Å²) in [7, 11) is 0. The number of rotatable bonds is 2. The fraction of sp³-hybridized carbons (Fsp3) is 0.357. The molecule has 0 spiro atoms. The van der Waals surface area contributed by atoms with Gasteiger partial charge in [0.25, 0.3) is 0 Å². The lowest BCUT2D eigenvalue weighted by atomic mass is 9.80. The first-order valence-electron chi connectivity index (χ1n) is 5.53. The number of benzene rings is 1. The Morgan fingerprint density at radius 1 is 1.19 bits per heavy atom. The number of Topliss-reactive ketones (excluding diaryl/α,β-unsaturated/α-hetero) is 1. The molecule has 0 bridgehead atoms. The van der Waals surface area contributed by atoms with Gasteiger partial charge in [-0.2, -0.15) is 0 Å². The van der Waals surface area contributed by atoms with E-state index in [1.807, 2.05) is 30.3 Å². The van der Waals surface area contributed by atoms with Crippen molar-refractivity contribution in [1.29, 1.82) is 0 Å². The quantitative estimate of drug-likeness (QED) is 0.765. The smallest absolute Gasteiger partial charge is 0.169 e. The molecule has 0 saturated heterocycles. The van der Waals surface area contributed by atoms with E-state index in [1.54, 1.807) is 11.8 Å². The Morgan fingerprint density at radius 2 is 1.88 bits per heavy atom. The second kappa shape index (κ2) is 4.46. The van der Waals surface area contributed by atoms with E-state index in [0.29, 0.717) is 6.42 Å². The van der Waals surface area contributed by atoms with Gasteiger partial charge in [-0.05, 0) is 24.0 Å². The fourth-order valence-corrected chi connectivity index (χ4v) is 2.69. The van der Waals surface area contributed by atoms with E-state index in [0.717, 1.165) is 16.2 Å². The molecule has 0 aromatic heterocycles. The van der Waals surface area contributed by atoms with Crippen molar-refractivity contribution >= 4 is 17.5 Å². The topological polar surface area (TPSA) is 17.1 Å². The Bertz CT molecular complexity index is 418. The first-order valence-corrected chi connectivity index (χ1v) is 6.35. The van der Waals surface area contributed by atoms with Crippen LogP contribution in [0.5, 0.6) is 0 Å². The maximum atomic E-state index is 11.9. The van der Waals surface area contributed by atoms with Crippen molar-refractivity contribution in [2.45, 2.75) is 31.6 Å². The number of carbonyl (C=O) groups is 1. The van der Waals surface area contributed by atoms with Crippen LogP contribution in [0.25, 0.3) is 0 Å². The molecule has 0 N–H and O–H groups in total. The zero-order chi connectivity index (χ0) is 11.6. The number of thioether (sulfide) groups is 1. The Morgan fingerprint density at radius 3 is 2.50 bits per heavy atom. The summed E-state index contributed by atoms with van der Waals surface area (Å²) in [4.78, 5) is 14.0. The molecule has 1 aromatic rings. The molecule has 1 aromatic carbocycles. The van der Waals surface area contributed by atoms with Gasteiger partial charge < -0.3 is 0 Å². The zero-order valence-corrected chi connectivity index (χ0v) is 10.5. The Hall–Kier alpha value is -1.02. The third-order valence-electron chi connectivity index (χ3n) is 2.72. The second-order valence-electron chi connectivity index (χ2n) is 4.95. The van der Waals surface area contributed by atoms with E-state index in [-0.39, 0.29) is 11.2 Å². The van der Waals surface area contributed by atoms with Gasteiger partial charge in [0.2, 0.25) is 0 Å². The van der Waals surface area contributed by atoms with Crippen LogP contribution in [0, 0.1) is 5.41 Å². The summed E-state index contributed by atoms with van der Waals surface area (Å²) in [6.45, 7) is 4.29. The first kappa shape index (κ1) is 11.5. The van der Waals surface area contributed by atoms with Gasteiger partial charge in [-0.25, -0.2) is 0 Å². The average molecular weight is 232 g/mol. The van der Waals surface area contributed by atoms with Crippen LogP contribution in [0.15, 0.2) is 46.2 Å². The Kier molecular flexibility index (Phi) is 3.20. The van der Waals surface area contributed by atoms with Gasteiger partial charge in [0, 0.05) is 11.3 Å². The third kappa shape index (κ3) is 2.76. The van der Waals surface area contributed by atoms with Crippen LogP contribution in [0.1, 0.15) is 26.7 Å². The van der Waals surface area contributed by atoms with Gasteiger partial charge in [0.1, 0.15) is 0 Å². The van der Waals surface area contributed by atoms with Gasteiger partial charge in [0.15, 0.2) is 5.78 Å². The van der Waals surface area contributed by atoms with E-state index < -0.39 is 0 Å². The number of hydrogen-bond acceptors (Lipinski definition) is 2. The van der Waals surface area contributed by atoms with E-state index in [2.05, 4.69) is 19.9 Å². The van der Waals surface area contributed by atoms with Gasteiger partial charge in [0.05, 0.1) is 4.91 Å². The number of ketones is 1. The highest BCUT2D eigenvalue weighted by Crippen LogP contribution is 2.38. The SMILES string of the molecule is CC1(C)CC=C(Sc2ccccc2)C(=O)C1. The minimum absolute atomic E-state index is 0.137.